The lowest BCUT2D eigenvalue weighted by molar-refractivity contribution is 0.0697. The van der Waals surface area contributed by atoms with E-state index in [1.807, 2.05) is 18.0 Å². The van der Waals surface area contributed by atoms with Gasteiger partial charge in [-0.05, 0) is 44.8 Å². The third-order valence-electron chi connectivity index (χ3n) is 5.53. The Kier molecular flexibility index (Phi) is 6.02. The van der Waals surface area contributed by atoms with Gasteiger partial charge in [0.25, 0.3) is 5.91 Å². The highest BCUT2D eigenvalue weighted by Crippen LogP contribution is 2.24. The Balaban J connectivity index is 1.79. The zero-order valence-electron chi connectivity index (χ0n) is 16.7. The first kappa shape index (κ1) is 19.0. The first-order chi connectivity index (χ1) is 12.5. The van der Waals surface area contributed by atoms with E-state index in [1.54, 1.807) is 0 Å². The van der Waals surface area contributed by atoms with Crippen LogP contribution in [0.15, 0.2) is 30.5 Å². The summed E-state index contributed by atoms with van der Waals surface area (Å²) in [4.78, 5) is 17.7. The van der Waals surface area contributed by atoms with E-state index in [-0.39, 0.29) is 11.9 Å². The van der Waals surface area contributed by atoms with E-state index in [0.29, 0.717) is 5.92 Å². The second kappa shape index (κ2) is 8.26. The number of amides is 1. The summed E-state index contributed by atoms with van der Waals surface area (Å²) < 4.78 is 2.23. The van der Waals surface area contributed by atoms with Gasteiger partial charge in [0, 0.05) is 43.3 Å². The van der Waals surface area contributed by atoms with Crippen molar-refractivity contribution in [2.45, 2.75) is 52.6 Å². The minimum Gasteiger partial charge on any atom is -0.346 e. The van der Waals surface area contributed by atoms with Gasteiger partial charge in [-0.1, -0.05) is 38.5 Å². The predicted molar refractivity (Wildman–Crippen MR) is 109 cm³/mol. The molecule has 1 aliphatic heterocycles. The highest BCUT2D eigenvalue weighted by Gasteiger charge is 2.24. The zero-order valence-corrected chi connectivity index (χ0v) is 16.7. The first-order valence-corrected chi connectivity index (χ1v) is 10.0. The summed E-state index contributed by atoms with van der Waals surface area (Å²) in [6, 6.07) is 8.48. The molecule has 0 saturated carbocycles. The summed E-state index contributed by atoms with van der Waals surface area (Å²) in [5.74, 6) is 0.678. The fourth-order valence-corrected chi connectivity index (χ4v) is 3.99. The number of benzene rings is 1. The highest BCUT2D eigenvalue weighted by atomic mass is 16.2. The monoisotopic (exact) mass is 355 g/mol. The van der Waals surface area contributed by atoms with E-state index >= 15 is 0 Å². The first-order valence-electron chi connectivity index (χ1n) is 10.0. The third kappa shape index (κ3) is 4.12. The number of likely N-dealkylation sites (N-methyl/N-ethyl adjacent to an activating group) is 1. The molecule has 0 radical (unpaired) electrons. The molecule has 3 rings (SSSR count). The van der Waals surface area contributed by atoms with Gasteiger partial charge in [-0.15, -0.1) is 0 Å². The smallest absolute Gasteiger partial charge is 0.256 e. The van der Waals surface area contributed by atoms with Crippen molar-refractivity contribution in [3.63, 3.8) is 0 Å². The fourth-order valence-electron chi connectivity index (χ4n) is 3.99. The van der Waals surface area contributed by atoms with Crippen LogP contribution in [0.3, 0.4) is 0 Å². The average Bonchev–Trinajstić information content (AvgIpc) is 2.99. The normalized spacial score (nSPS) is 17.0. The SMILES string of the molecule is CC(C)Cn1cc(C(=O)N(C)C(C)CN2CCCCC2)c2ccccc21. The summed E-state index contributed by atoms with van der Waals surface area (Å²) >= 11 is 0. The molecular weight excluding hydrogens is 322 g/mol. The lowest BCUT2D eigenvalue weighted by Crippen LogP contribution is -2.44. The standard InChI is InChI=1S/C22H33N3O/c1-17(2)14-25-16-20(19-10-6-7-11-21(19)25)22(26)23(4)18(3)15-24-12-8-5-9-13-24/h6-7,10-11,16-18H,5,8-9,12-15H2,1-4H3. The Morgan fingerprint density at radius 1 is 1.08 bits per heavy atom. The van der Waals surface area contributed by atoms with Crippen molar-refractivity contribution in [3.8, 4) is 0 Å². The van der Waals surface area contributed by atoms with Gasteiger partial charge in [-0.25, -0.2) is 0 Å². The molecule has 0 N–H and O–H groups in total. The number of fused-ring (bicyclic) bond motifs is 1. The Morgan fingerprint density at radius 3 is 2.46 bits per heavy atom. The number of hydrogen-bond acceptors (Lipinski definition) is 2. The number of nitrogens with zero attached hydrogens (tertiary/aromatic N) is 3. The van der Waals surface area contributed by atoms with Gasteiger partial charge < -0.3 is 14.4 Å². The van der Waals surface area contributed by atoms with E-state index in [0.717, 1.165) is 29.6 Å². The molecule has 1 aliphatic rings. The Morgan fingerprint density at radius 2 is 1.77 bits per heavy atom. The molecule has 142 valence electrons. The zero-order chi connectivity index (χ0) is 18.7. The Hall–Kier alpha value is -1.81. The lowest BCUT2D eigenvalue weighted by atomic mass is 10.1. The molecule has 0 spiro atoms. The number of carbonyl (C=O) groups is 1. The van der Waals surface area contributed by atoms with Crippen molar-refractivity contribution in [1.29, 1.82) is 0 Å². The van der Waals surface area contributed by atoms with Crippen LogP contribution >= 0.6 is 0 Å². The molecule has 0 bridgehead atoms. The van der Waals surface area contributed by atoms with Crippen LogP contribution in [0.5, 0.6) is 0 Å². The summed E-state index contributed by atoms with van der Waals surface area (Å²) in [5, 5.41) is 1.06. The number of para-hydroxylation sites is 1. The predicted octanol–water partition coefficient (Wildman–Crippen LogP) is 4.24. The van der Waals surface area contributed by atoms with Gasteiger partial charge >= 0.3 is 0 Å². The molecule has 0 aliphatic carbocycles. The number of hydrogen-bond donors (Lipinski definition) is 0. The fraction of sp³-hybridized carbons (Fsp3) is 0.591. The second-order valence-electron chi connectivity index (χ2n) is 8.23. The molecule has 1 unspecified atom stereocenters. The molecule has 1 aromatic heterocycles. The number of rotatable bonds is 6. The molecule has 1 atom stereocenters. The lowest BCUT2D eigenvalue weighted by Gasteiger charge is -2.33. The van der Waals surface area contributed by atoms with Crippen molar-refractivity contribution in [1.82, 2.24) is 14.4 Å². The van der Waals surface area contributed by atoms with Crippen LogP contribution in [0.2, 0.25) is 0 Å². The average molecular weight is 356 g/mol. The molecule has 2 aromatic rings. The second-order valence-corrected chi connectivity index (χ2v) is 8.23. The Bertz CT molecular complexity index is 743. The minimum absolute atomic E-state index is 0.133. The maximum Gasteiger partial charge on any atom is 0.256 e. The largest absolute Gasteiger partial charge is 0.346 e. The maximum absolute atomic E-state index is 13.2. The van der Waals surface area contributed by atoms with Crippen LogP contribution in [0.1, 0.15) is 50.4 Å². The summed E-state index contributed by atoms with van der Waals surface area (Å²) in [6.45, 7) is 10.8. The van der Waals surface area contributed by atoms with Crippen molar-refractivity contribution >= 4 is 16.8 Å². The topological polar surface area (TPSA) is 28.5 Å². The number of aromatic nitrogens is 1. The van der Waals surface area contributed by atoms with Crippen molar-refractivity contribution in [2.75, 3.05) is 26.7 Å². The molecular formula is C22H33N3O. The number of likely N-dealkylation sites (tertiary alicyclic amines) is 1. The van der Waals surface area contributed by atoms with Gasteiger partial charge in [-0.3, -0.25) is 4.79 Å². The molecule has 1 fully saturated rings. The number of carbonyl (C=O) groups excluding carboxylic acids is 1. The van der Waals surface area contributed by atoms with Gasteiger partial charge in [0.15, 0.2) is 0 Å². The van der Waals surface area contributed by atoms with E-state index in [4.69, 9.17) is 0 Å². The molecule has 26 heavy (non-hydrogen) atoms. The minimum atomic E-state index is 0.133. The van der Waals surface area contributed by atoms with Crippen LogP contribution in [-0.4, -0.2) is 53.0 Å². The molecule has 1 saturated heterocycles. The van der Waals surface area contributed by atoms with Gasteiger partial charge in [0.1, 0.15) is 0 Å². The van der Waals surface area contributed by atoms with E-state index in [1.165, 1.54) is 32.4 Å². The highest BCUT2D eigenvalue weighted by molar-refractivity contribution is 6.07. The van der Waals surface area contributed by atoms with E-state index in [9.17, 15) is 4.79 Å². The summed E-state index contributed by atoms with van der Waals surface area (Å²) in [7, 11) is 1.95. The van der Waals surface area contributed by atoms with Crippen LogP contribution < -0.4 is 0 Å². The molecule has 1 aromatic carbocycles. The molecule has 2 heterocycles. The van der Waals surface area contributed by atoms with Gasteiger partial charge in [-0.2, -0.15) is 0 Å². The molecule has 1 amide bonds. The molecule has 4 nitrogen and oxygen atoms in total. The van der Waals surface area contributed by atoms with Crippen molar-refractivity contribution in [2.24, 2.45) is 5.92 Å². The maximum atomic E-state index is 13.2. The third-order valence-corrected chi connectivity index (χ3v) is 5.53. The van der Waals surface area contributed by atoms with Gasteiger partial charge in [0.2, 0.25) is 0 Å². The van der Waals surface area contributed by atoms with E-state index < -0.39 is 0 Å². The summed E-state index contributed by atoms with van der Waals surface area (Å²) in [5.41, 5.74) is 1.98. The van der Waals surface area contributed by atoms with Crippen LogP contribution in [-0.2, 0) is 6.54 Å². The van der Waals surface area contributed by atoms with Crippen LogP contribution in [0.4, 0.5) is 0 Å². The van der Waals surface area contributed by atoms with Crippen molar-refractivity contribution < 1.29 is 4.79 Å². The quantitative estimate of drug-likeness (QED) is 0.775. The Labute approximate surface area is 157 Å². The van der Waals surface area contributed by atoms with Crippen LogP contribution in [0, 0.1) is 5.92 Å². The summed E-state index contributed by atoms with van der Waals surface area (Å²) in [6.07, 6.45) is 5.96. The van der Waals surface area contributed by atoms with Gasteiger partial charge in [0.05, 0.1) is 5.56 Å². The number of piperidine rings is 1. The van der Waals surface area contributed by atoms with Crippen molar-refractivity contribution in [3.05, 3.63) is 36.0 Å². The van der Waals surface area contributed by atoms with Crippen LogP contribution in [0.25, 0.3) is 10.9 Å². The van der Waals surface area contributed by atoms with E-state index in [2.05, 4.69) is 54.6 Å². The molecule has 4 heteroatoms.